The summed E-state index contributed by atoms with van der Waals surface area (Å²) in [6, 6.07) is 6.94. The highest BCUT2D eigenvalue weighted by Crippen LogP contribution is 2.37. The van der Waals surface area contributed by atoms with Crippen LogP contribution in [-0.4, -0.2) is 22.7 Å². The van der Waals surface area contributed by atoms with E-state index in [4.69, 9.17) is 5.11 Å². The van der Waals surface area contributed by atoms with Crippen molar-refractivity contribution in [2.75, 3.05) is 11.9 Å². The predicted molar refractivity (Wildman–Crippen MR) is 50.7 cm³/mol. The van der Waals surface area contributed by atoms with Gasteiger partial charge in [-0.15, -0.1) is 0 Å². The van der Waals surface area contributed by atoms with E-state index in [0.29, 0.717) is 11.3 Å². The Morgan fingerprint density at radius 3 is 2.79 bits per heavy atom. The molecular formula is C10H11NO3. The monoisotopic (exact) mass is 193 g/mol. The summed E-state index contributed by atoms with van der Waals surface area (Å²) in [5, 5.41) is 21.4. The quantitative estimate of drug-likeness (QED) is 0.628. The Morgan fingerprint density at radius 2 is 2.07 bits per heavy atom. The van der Waals surface area contributed by atoms with Crippen molar-refractivity contribution in [1.82, 2.24) is 0 Å². The molecule has 0 unspecified atom stereocenters. The number of hydrogen-bond acceptors (Lipinski definition) is 3. The van der Waals surface area contributed by atoms with Crippen molar-refractivity contribution in [3.05, 3.63) is 29.8 Å². The van der Waals surface area contributed by atoms with Gasteiger partial charge in [0.25, 0.3) is 5.91 Å². The third-order valence-corrected chi connectivity index (χ3v) is 2.47. The molecule has 1 amide bonds. The molecule has 1 aromatic carbocycles. The molecular weight excluding hydrogens is 182 g/mol. The summed E-state index contributed by atoms with van der Waals surface area (Å²) in [6.07, 6.45) is 0.0237. The SMILES string of the molecule is O=C1Nc2ccccc2[C@]1(O)CCO. The van der Waals surface area contributed by atoms with E-state index >= 15 is 0 Å². The van der Waals surface area contributed by atoms with Crippen molar-refractivity contribution in [1.29, 1.82) is 0 Å². The number of fused-ring (bicyclic) bond motifs is 1. The van der Waals surface area contributed by atoms with Crippen molar-refractivity contribution < 1.29 is 15.0 Å². The van der Waals surface area contributed by atoms with Crippen molar-refractivity contribution in [3.8, 4) is 0 Å². The maximum Gasteiger partial charge on any atom is 0.261 e. The normalized spacial score (nSPS) is 24.6. The van der Waals surface area contributed by atoms with Gasteiger partial charge in [0.15, 0.2) is 5.60 Å². The van der Waals surface area contributed by atoms with Crippen molar-refractivity contribution >= 4 is 11.6 Å². The van der Waals surface area contributed by atoms with Gasteiger partial charge in [0.2, 0.25) is 0 Å². The highest BCUT2D eigenvalue weighted by molar-refractivity contribution is 6.04. The van der Waals surface area contributed by atoms with E-state index in [-0.39, 0.29) is 13.0 Å². The van der Waals surface area contributed by atoms with E-state index in [9.17, 15) is 9.90 Å². The van der Waals surface area contributed by atoms with Crippen LogP contribution in [0.2, 0.25) is 0 Å². The summed E-state index contributed by atoms with van der Waals surface area (Å²) in [6.45, 7) is -0.224. The Hall–Kier alpha value is -1.39. The number of hydrogen-bond donors (Lipinski definition) is 3. The summed E-state index contributed by atoms with van der Waals surface area (Å²) < 4.78 is 0. The van der Waals surface area contributed by atoms with Crippen LogP contribution in [0.25, 0.3) is 0 Å². The summed E-state index contributed by atoms with van der Waals surface area (Å²) in [5.41, 5.74) is -0.404. The van der Waals surface area contributed by atoms with Crippen LogP contribution in [0.4, 0.5) is 5.69 Å². The van der Waals surface area contributed by atoms with E-state index in [1.807, 2.05) is 0 Å². The molecule has 0 fully saturated rings. The zero-order valence-electron chi connectivity index (χ0n) is 7.53. The van der Waals surface area contributed by atoms with E-state index in [2.05, 4.69) is 5.32 Å². The van der Waals surface area contributed by atoms with E-state index in [1.54, 1.807) is 24.3 Å². The average Bonchev–Trinajstić information content (AvgIpc) is 2.41. The lowest BCUT2D eigenvalue weighted by Gasteiger charge is -2.18. The van der Waals surface area contributed by atoms with Gasteiger partial charge in [0.1, 0.15) is 0 Å². The maximum atomic E-state index is 11.5. The van der Waals surface area contributed by atoms with Crippen LogP contribution in [0.3, 0.4) is 0 Å². The molecule has 0 aromatic heterocycles. The molecule has 1 aliphatic heterocycles. The summed E-state index contributed by atoms with van der Waals surface area (Å²) in [5.74, 6) is -0.465. The number of rotatable bonds is 2. The van der Waals surface area contributed by atoms with Gasteiger partial charge < -0.3 is 15.5 Å². The molecule has 3 N–H and O–H groups in total. The molecule has 2 rings (SSSR count). The second-order valence-corrected chi connectivity index (χ2v) is 3.33. The number of aliphatic hydroxyl groups is 2. The van der Waals surface area contributed by atoms with Crippen LogP contribution in [-0.2, 0) is 10.4 Å². The number of carbonyl (C=O) groups excluding carboxylic acids is 1. The Kier molecular flexibility index (Phi) is 2.02. The fourth-order valence-electron chi connectivity index (χ4n) is 1.71. The average molecular weight is 193 g/mol. The van der Waals surface area contributed by atoms with Crippen molar-refractivity contribution in [2.24, 2.45) is 0 Å². The third kappa shape index (κ3) is 1.12. The second-order valence-electron chi connectivity index (χ2n) is 3.33. The molecule has 1 aromatic rings. The molecule has 4 nitrogen and oxygen atoms in total. The minimum atomic E-state index is -1.56. The smallest absolute Gasteiger partial charge is 0.261 e. The Morgan fingerprint density at radius 1 is 1.36 bits per heavy atom. The molecule has 1 atom stereocenters. The minimum Gasteiger partial charge on any atom is -0.396 e. The first-order valence-electron chi connectivity index (χ1n) is 4.42. The largest absolute Gasteiger partial charge is 0.396 e. The summed E-state index contributed by atoms with van der Waals surface area (Å²) in [4.78, 5) is 11.5. The van der Waals surface area contributed by atoms with Gasteiger partial charge >= 0.3 is 0 Å². The summed E-state index contributed by atoms with van der Waals surface area (Å²) >= 11 is 0. The number of nitrogens with one attached hydrogen (secondary N) is 1. The molecule has 0 radical (unpaired) electrons. The van der Waals surface area contributed by atoms with Crippen LogP contribution in [0, 0.1) is 0 Å². The molecule has 1 aliphatic rings. The van der Waals surface area contributed by atoms with Crippen molar-refractivity contribution in [3.63, 3.8) is 0 Å². The second kappa shape index (κ2) is 3.08. The Labute approximate surface area is 81.2 Å². The van der Waals surface area contributed by atoms with Crippen LogP contribution in [0.15, 0.2) is 24.3 Å². The highest BCUT2D eigenvalue weighted by Gasteiger charge is 2.44. The zero-order chi connectivity index (χ0) is 10.2. The summed E-state index contributed by atoms with van der Waals surface area (Å²) in [7, 11) is 0. The van der Waals surface area contributed by atoms with E-state index < -0.39 is 11.5 Å². The topological polar surface area (TPSA) is 69.6 Å². The molecule has 0 saturated heterocycles. The first-order chi connectivity index (χ1) is 6.68. The van der Waals surface area contributed by atoms with Crippen LogP contribution >= 0.6 is 0 Å². The number of aliphatic hydroxyl groups excluding tert-OH is 1. The predicted octanol–water partition coefficient (Wildman–Crippen LogP) is 0.209. The van der Waals surface area contributed by atoms with Crippen molar-refractivity contribution in [2.45, 2.75) is 12.0 Å². The molecule has 74 valence electrons. The minimum absolute atomic E-state index is 0.0237. The number of carbonyl (C=O) groups is 1. The van der Waals surface area contributed by atoms with Crippen LogP contribution in [0.5, 0.6) is 0 Å². The number of benzene rings is 1. The number of para-hydroxylation sites is 1. The molecule has 0 saturated carbocycles. The molecule has 0 aliphatic carbocycles. The van der Waals surface area contributed by atoms with Gasteiger partial charge in [-0.05, 0) is 6.07 Å². The Balaban J connectivity index is 2.48. The van der Waals surface area contributed by atoms with Gasteiger partial charge in [0, 0.05) is 24.3 Å². The van der Waals surface area contributed by atoms with Crippen LogP contribution < -0.4 is 5.32 Å². The van der Waals surface area contributed by atoms with Gasteiger partial charge in [-0.1, -0.05) is 18.2 Å². The van der Waals surface area contributed by atoms with E-state index in [0.717, 1.165) is 0 Å². The highest BCUT2D eigenvalue weighted by atomic mass is 16.3. The van der Waals surface area contributed by atoms with Gasteiger partial charge in [-0.25, -0.2) is 0 Å². The maximum absolute atomic E-state index is 11.5. The number of amides is 1. The fourth-order valence-corrected chi connectivity index (χ4v) is 1.71. The third-order valence-electron chi connectivity index (χ3n) is 2.47. The Bertz CT molecular complexity index is 377. The molecule has 0 bridgehead atoms. The lowest BCUT2D eigenvalue weighted by atomic mass is 9.92. The standard InChI is InChI=1S/C10H11NO3/c12-6-5-10(14)7-3-1-2-4-8(7)11-9(10)13/h1-4,12,14H,5-6H2,(H,11,13)/t10-/m1/s1. The van der Waals surface area contributed by atoms with Crippen LogP contribution in [0.1, 0.15) is 12.0 Å². The molecule has 14 heavy (non-hydrogen) atoms. The van der Waals surface area contributed by atoms with E-state index in [1.165, 1.54) is 0 Å². The molecule has 1 heterocycles. The molecule has 4 heteroatoms. The zero-order valence-corrected chi connectivity index (χ0v) is 7.53. The first-order valence-corrected chi connectivity index (χ1v) is 4.42. The van der Waals surface area contributed by atoms with Gasteiger partial charge in [0.05, 0.1) is 0 Å². The lowest BCUT2D eigenvalue weighted by Crippen LogP contribution is -2.35. The number of anilines is 1. The lowest BCUT2D eigenvalue weighted by molar-refractivity contribution is -0.135. The van der Waals surface area contributed by atoms with Gasteiger partial charge in [-0.3, -0.25) is 4.79 Å². The molecule has 0 spiro atoms. The first kappa shape index (κ1) is 9.18. The van der Waals surface area contributed by atoms with Gasteiger partial charge in [-0.2, -0.15) is 0 Å². The fraction of sp³-hybridized carbons (Fsp3) is 0.300.